The lowest BCUT2D eigenvalue weighted by Gasteiger charge is -2.22. The van der Waals surface area contributed by atoms with Crippen LogP contribution in [0, 0.1) is 0 Å². The largest absolute Gasteiger partial charge is 0.429 e. The van der Waals surface area contributed by atoms with Crippen molar-refractivity contribution >= 4 is 5.97 Å². The summed E-state index contributed by atoms with van der Waals surface area (Å²) in [6.45, 7) is 7.47. The Bertz CT molecular complexity index is 222. The molecule has 0 bridgehead atoms. The Morgan fingerprint density at radius 2 is 2.08 bits per heavy atom. The zero-order valence-corrected chi connectivity index (χ0v) is 7.88. The van der Waals surface area contributed by atoms with Crippen LogP contribution >= 0.6 is 0 Å². The van der Waals surface area contributed by atoms with Crippen LogP contribution in [0.4, 0.5) is 0 Å². The fourth-order valence-corrected chi connectivity index (χ4v) is 0.911. The maximum absolute atomic E-state index is 10.9. The first-order chi connectivity index (χ1) is 5.38. The second-order valence-corrected chi connectivity index (χ2v) is 3.85. The maximum atomic E-state index is 10.9. The third-order valence-corrected chi connectivity index (χ3v) is 1.40. The van der Waals surface area contributed by atoms with Gasteiger partial charge in [-0.3, -0.25) is 0 Å². The van der Waals surface area contributed by atoms with Gasteiger partial charge in [-0.2, -0.15) is 0 Å². The van der Waals surface area contributed by atoms with E-state index >= 15 is 0 Å². The van der Waals surface area contributed by atoms with Crippen LogP contribution in [0.2, 0.25) is 0 Å². The van der Waals surface area contributed by atoms with Crippen LogP contribution in [0.3, 0.4) is 0 Å². The third kappa shape index (κ3) is 2.34. The van der Waals surface area contributed by atoms with Crippen molar-refractivity contribution < 1.29 is 14.3 Å². The van der Waals surface area contributed by atoms with Crippen molar-refractivity contribution in [2.24, 2.45) is 0 Å². The Balaban J connectivity index is 2.54. The number of carbonyl (C=O) groups excluding carboxylic acids is 1. The Labute approximate surface area is 72.4 Å². The molecule has 1 heterocycles. The molecule has 0 aromatic carbocycles. The van der Waals surface area contributed by atoms with Gasteiger partial charge in [-0.05, 0) is 33.8 Å². The fraction of sp³-hybridized carbons (Fsp3) is 0.667. The molecule has 0 spiro atoms. The molecule has 68 valence electrons. The summed E-state index contributed by atoms with van der Waals surface area (Å²) in [6.07, 6.45) is 1.19. The van der Waals surface area contributed by atoms with Crippen LogP contribution in [-0.4, -0.2) is 17.9 Å². The normalized spacial score (nSPS) is 23.8. The highest BCUT2D eigenvalue weighted by Crippen LogP contribution is 2.19. The van der Waals surface area contributed by atoms with E-state index in [-0.39, 0.29) is 11.6 Å². The SMILES string of the molecule is CC1=CC(OC(C)(C)C)OC1=O. The zero-order valence-electron chi connectivity index (χ0n) is 7.88. The number of esters is 1. The van der Waals surface area contributed by atoms with Crippen LogP contribution < -0.4 is 0 Å². The van der Waals surface area contributed by atoms with Gasteiger partial charge in [0.25, 0.3) is 0 Å². The molecule has 0 saturated heterocycles. The molecule has 1 atom stereocenters. The molecule has 0 amide bonds. The molecule has 3 nitrogen and oxygen atoms in total. The predicted octanol–water partition coefficient (Wildman–Crippen LogP) is 1.63. The molecule has 0 radical (unpaired) electrons. The lowest BCUT2D eigenvalue weighted by atomic mass is 10.2. The molecule has 1 unspecified atom stereocenters. The number of cyclic esters (lactones) is 1. The van der Waals surface area contributed by atoms with Crippen LogP contribution in [-0.2, 0) is 14.3 Å². The Morgan fingerprint density at radius 1 is 1.50 bits per heavy atom. The number of hydrogen-bond acceptors (Lipinski definition) is 3. The molecule has 3 heteroatoms. The van der Waals surface area contributed by atoms with Crippen molar-refractivity contribution in [1.29, 1.82) is 0 Å². The van der Waals surface area contributed by atoms with Crippen LogP contribution in [0.25, 0.3) is 0 Å². The minimum absolute atomic E-state index is 0.286. The summed E-state index contributed by atoms with van der Waals surface area (Å²) in [7, 11) is 0. The summed E-state index contributed by atoms with van der Waals surface area (Å²) in [5.41, 5.74) is 0.329. The van der Waals surface area contributed by atoms with Gasteiger partial charge in [0.15, 0.2) is 0 Å². The third-order valence-electron chi connectivity index (χ3n) is 1.40. The Morgan fingerprint density at radius 3 is 2.42 bits per heavy atom. The molecular weight excluding hydrogens is 156 g/mol. The molecule has 0 fully saturated rings. The fourth-order valence-electron chi connectivity index (χ4n) is 0.911. The first-order valence-electron chi connectivity index (χ1n) is 3.96. The van der Waals surface area contributed by atoms with E-state index < -0.39 is 6.29 Å². The van der Waals surface area contributed by atoms with Crippen molar-refractivity contribution in [3.05, 3.63) is 11.6 Å². The molecule has 0 aromatic heterocycles. The summed E-state index contributed by atoms with van der Waals surface area (Å²) in [5.74, 6) is -0.288. The molecule has 0 aromatic rings. The number of ether oxygens (including phenoxy) is 2. The van der Waals surface area contributed by atoms with Crippen molar-refractivity contribution in [3.63, 3.8) is 0 Å². The Hall–Kier alpha value is -0.830. The summed E-state index contributed by atoms with van der Waals surface area (Å²) in [6, 6.07) is 0. The van der Waals surface area contributed by atoms with Gasteiger partial charge in [-0.25, -0.2) is 4.79 Å². The van der Waals surface area contributed by atoms with Crippen molar-refractivity contribution in [2.45, 2.75) is 39.6 Å². The van der Waals surface area contributed by atoms with E-state index in [1.165, 1.54) is 0 Å². The first kappa shape index (κ1) is 9.26. The van der Waals surface area contributed by atoms with Crippen LogP contribution in [0.5, 0.6) is 0 Å². The first-order valence-corrected chi connectivity index (χ1v) is 3.96. The van der Waals surface area contributed by atoms with Crippen LogP contribution in [0.1, 0.15) is 27.7 Å². The van der Waals surface area contributed by atoms with E-state index in [0.717, 1.165) is 0 Å². The Kier molecular flexibility index (Phi) is 2.24. The minimum Gasteiger partial charge on any atom is -0.429 e. The van der Waals surface area contributed by atoms with Crippen LogP contribution in [0.15, 0.2) is 11.6 Å². The summed E-state index contributed by atoms with van der Waals surface area (Å²) in [5, 5.41) is 0. The van der Waals surface area contributed by atoms with Gasteiger partial charge in [-0.1, -0.05) is 0 Å². The van der Waals surface area contributed by atoms with E-state index in [2.05, 4.69) is 0 Å². The van der Waals surface area contributed by atoms with Gasteiger partial charge in [0.05, 0.1) is 5.60 Å². The highest BCUT2D eigenvalue weighted by Gasteiger charge is 2.26. The molecule has 1 aliphatic heterocycles. The molecule has 1 aliphatic rings. The molecule has 1 rings (SSSR count). The van der Waals surface area contributed by atoms with E-state index in [0.29, 0.717) is 5.57 Å². The second-order valence-electron chi connectivity index (χ2n) is 3.85. The molecular formula is C9H14O3. The van der Waals surface area contributed by atoms with Gasteiger partial charge in [0.1, 0.15) is 0 Å². The lowest BCUT2D eigenvalue weighted by molar-refractivity contribution is -0.177. The molecule has 0 saturated carbocycles. The number of rotatable bonds is 1. The topological polar surface area (TPSA) is 35.5 Å². The van der Waals surface area contributed by atoms with Crippen molar-refractivity contribution in [3.8, 4) is 0 Å². The predicted molar refractivity (Wildman–Crippen MR) is 44.5 cm³/mol. The molecule has 12 heavy (non-hydrogen) atoms. The minimum atomic E-state index is -0.502. The van der Waals surface area contributed by atoms with Gasteiger partial charge < -0.3 is 9.47 Å². The van der Waals surface area contributed by atoms with E-state index in [1.54, 1.807) is 13.0 Å². The second kappa shape index (κ2) is 2.90. The van der Waals surface area contributed by atoms with E-state index in [4.69, 9.17) is 9.47 Å². The van der Waals surface area contributed by atoms with E-state index in [1.807, 2.05) is 20.8 Å². The van der Waals surface area contributed by atoms with E-state index in [9.17, 15) is 4.79 Å². The van der Waals surface area contributed by atoms with Crippen molar-refractivity contribution in [2.75, 3.05) is 0 Å². The summed E-state index contributed by atoms with van der Waals surface area (Å²) < 4.78 is 10.3. The van der Waals surface area contributed by atoms with Gasteiger partial charge >= 0.3 is 5.97 Å². The van der Waals surface area contributed by atoms with Gasteiger partial charge in [-0.15, -0.1) is 0 Å². The summed E-state index contributed by atoms with van der Waals surface area (Å²) >= 11 is 0. The zero-order chi connectivity index (χ0) is 9.35. The lowest BCUT2D eigenvalue weighted by Crippen LogP contribution is -2.26. The molecule has 0 aliphatic carbocycles. The van der Waals surface area contributed by atoms with Gasteiger partial charge in [0.2, 0.25) is 6.29 Å². The average Bonchev–Trinajstić information content (AvgIpc) is 2.07. The number of hydrogen-bond donors (Lipinski definition) is 0. The van der Waals surface area contributed by atoms with Crippen molar-refractivity contribution in [1.82, 2.24) is 0 Å². The standard InChI is InChI=1S/C9H14O3/c1-6-5-7(11-8(6)10)12-9(2,3)4/h5,7H,1-4H3. The quantitative estimate of drug-likeness (QED) is 0.561. The maximum Gasteiger partial charge on any atom is 0.336 e. The summed E-state index contributed by atoms with van der Waals surface area (Å²) in [4.78, 5) is 10.9. The number of carbonyl (C=O) groups is 1. The molecule has 0 N–H and O–H groups in total. The highest BCUT2D eigenvalue weighted by atomic mass is 16.7. The monoisotopic (exact) mass is 170 g/mol. The van der Waals surface area contributed by atoms with Gasteiger partial charge in [0, 0.05) is 5.57 Å². The smallest absolute Gasteiger partial charge is 0.336 e. The average molecular weight is 170 g/mol. The highest BCUT2D eigenvalue weighted by molar-refractivity contribution is 5.89.